The summed E-state index contributed by atoms with van der Waals surface area (Å²) in [6, 6.07) is 9.58. The lowest BCUT2D eigenvalue weighted by atomic mass is 10.3. The molecule has 0 atom stereocenters. The van der Waals surface area contributed by atoms with Crippen LogP contribution in [0.2, 0.25) is 0 Å². The molecule has 4 nitrogen and oxygen atoms in total. The first-order valence-electron chi connectivity index (χ1n) is 4.46. The zero-order valence-corrected chi connectivity index (χ0v) is 9.03. The van der Waals surface area contributed by atoms with Gasteiger partial charge in [0.15, 0.2) is 0 Å². The number of aryl methyl sites for hydroxylation is 1. The molecule has 0 bridgehead atoms. The Labute approximate surface area is 91.6 Å². The quantitative estimate of drug-likeness (QED) is 0.618. The maximum atomic E-state index is 5.85. The minimum atomic E-state index is 0.466. The molecule has 5 heteroatoms. The highest BCUT2D eigenvalue weighted by atomic mass is 32.1. The summed E-state index contributed by atoms with van der Waals surface area (Å²) in [7, 11) is 0. The third-order valence-corrected chi connectivity index (χ3v) is 2.74. The highest BCUT2D eigenvalue weighted by Gasteiger charge is 2.06. The normalized spacial score (nSPS) is 11.7. The van der Waals surface area contributed by atoms with Gasteiger partial charge in [-0.15, -0.1) is 5.10 Å². The van der Waals surface area contributed by atoms with Crippen LogP contribution < -0.4 is 5.73 Å². The van der Waals surface area contributed by atoms with Gasteiger partial charge >= 0.3 is 0 Å². The maximum absolute atomic E-state index is 5.85. The van der Waals surface area contributed by atoms with Crippen molar-refractivity contribution in [1.29, 1.82) is 0 Å². The Morgan fingerprint density at radius 3 is 2.67 bits per heavy atom. The van der Waals surface area contributed by atoms with E-state index in [9.17, 15) is 0 Å². The second kappa shape index (κ2) is 4.18. The zero-order valence-electron chi connectivity index (χ0n) is 8.21. The smallest absolute Gasteiger partial charge is 0.145 e. The number of rotatable bonds is 2. The Bertz CT molecular complexity index is 475. The number of hydrogen-bond donors (Lipinski definition) is 1. The van der Waals surface area contributed by atoms with E-state index in [1.54, 1.807) is 0 Å². The molecule has 1 heterocycles. The monoisotopic (exact) mass is 218 g/mol. The Morgan fingerprint density at radius 1 is 1.33 bits per heavy atom. The second-order valence-electron chi connectivity index (χ2n) is 3.02. The molecule has 2 aromatic rings. The number of benzene rings is 1. The lowest BCUT2D eigenvalue weighted by Crippen LogP contribution is -2.12. The van der Waals surface area contributed by atoms with Crippen LogP contribution in [-0.2, 0) is 0 Å². The van der Waals surface area contributed by atoms with Gasteiger partial charge in [-0.2, -0.15) is 0 Å². The van der Waals surface area contributed by atoms with Crippen molar-refractivity contribution in [3.8, 4) is 0 Å². The molecule has 15 heavy (non-hydrogen) atoms. The average molecular weight is 218 g/mol. The summed E-state index contributed by atoms with van der Waals surface area (Å²) in [6.07, 6.45) is 0. The Kier molecular flexibility index (Phi) is 2.73. The highest BCUT2D eigenvalue weighted by molar-refractivity contribution is 7.08. The van der Waals surface area contributed by atoms with E-state index in [0.717, 1.165) is 16.3 Å². The van der Waals surface area contributed by atoms with E-state index >= 15 is 0 Å². The molecule has 0 amide bonds. The molecule has 2 rings (SSSR count). The second-order valence-corrected chi connectivity index (χ2v) is 3.77. The molecule has 0 saturated carbocycles. The lowest BCUT2D eigenvalue weighted by molar-refractivity contribution is 1.09. The van der Waals surface area contributed by atoms with Crippen LogP contribution in [-0.4, -0.2) is 15.4 Å². The van der Waals surface area contributed by atoms with E-state index in [0.29, 0.717) is 5.84 Å². The predicted octanol–water partition coefficient (Wildman–Crippen LogP) is 1.88. The van der Waals surface area contributed by atoms with Crippen molar-refractivity contribution in [2.45, 2.75) is 6.92 Å². The topological polar surface area (TPSA) is 64.2 Å². The van der Waals surface area contributed by atoms with E-state index < -0.39 is 0 Å². The van der Waals surface area contributed by atoms with Crippen molar-refractivity contribution in [3.05, 3.63) is 40.9 Å². The zero-order chi connectivity index (χ0) is 10.7. The van der Waals surface area contributed by atoms with Gasteiger partial charge in [0.05, 0.1) is 11.4 Å². The van der Waals surface area contributed by atoms with Crippen LogP contribution >= 0.6 is 11.5 Å². The average Bonchev–Trinajstić information content (AvgIpc) is 2.66. The molecule has 0 radical (unpaired) electrons. The molecule has 0 aliphatic heterocycles. The lowest BCUT2D eigenvalue weighted by Gasteiger charge is -1.97. The Morgan fingerprint density at radius 2 is 2.07 bits per heavy atom. The largest absolute Gasteiger partial charge is 0.382 e. The van der Waals surface area contributed by atoms with E-state index in [4.69, 9.17) is 5.73 Å². The number of nitrogens with two attached hydrogens (primary N) is 1. The first-order valence-corrected chi connectivity index (χ1v) is 5.23. The van der Waals surface area contributed by atoms with Crippen LogP contribution in [0.25, 0.3) is 0 Å². The Hall–Kier alpha value is -1.75. The van der Waals surface area contributed by atoms with E-state index in [-0.39, 0.29) is 0 Å². The summed E-state index contributed by atoms with van der Waals surface area (Å²) in [5, 5.41) is 3.89. The molecule has 0 unspecified atom stereocenters. The van der Waals surface area contributed by atoms with Gasteiger partial charge in [0.25, 0.3) is 0 Å². The molecule has 0 aliphatic rings. The molecule has 2 N–H and O–H groups in total. The molecule has 0 saturated heterocycles. The molecule has 0 fully saturated rings. The van der Waals surface area contributed by atoms with Crippen molar-refractivity contribution in [2.24, 2.45) is 10.7 Å². The summed E-state index contributed by atoms with van der Waals surface area (Å²) < 4.78 is 3.82. The number of aliphatic imine (C=N–C) groups is 1. The number of aromatic nitrogens is 2. The van der Waals surface area contributed by atoms with Gasteiger partial charge < -0.3 is 5.73 Å². The van der Waals surface area contributed by atoms with Gasteiger partial charge in [0, 0.05) is 0 Å². The molecule has 0 aliphatic carbocycles. The molecule has 76 valence electrons. The molecule has 1 aromatic heterocycles. The van der Waals surface area contributed by atoms with Crippen LogP contribution in [0.4, 0.5) is 5.69 Å². The highest BCUT2D eigenvalue weighted by Crippen LogP contribution is 2.14. The fourth-order valence-electron chi connectivity index (χ4n) is 1.16. The standard InChI is InChI=1S/C10H10N4S/c1-7-9(15-14-13-7)10(11)12-8-5-3-2-4-6-8/h2-6H,1H3,(H2,11,12). The van der Waals surface area contributed by atoms with Crippen LogP contribution in [0.3, 0.4) is 0 Å². The van der Waals surface area contributed by atoms with Gasteiger partial charge in [-0.3, -0.25) is 0 Å². The third-order valence-electron chi connectivity index (χ3n) is 1.89. The number of para-hydroxylation sites is 1. The van der Waals surface area contributed by atoms with Crippen molar-refractivity contribution >= 4 is 23.1 Å². The van der Waals surface area contributed by atoms with E-state index in [1.165, 1.54) is 11.5 Å². The SMILES string of the molecule is Cc1nnsc1C(N)=Nc1ccccc1. The summed E-state index contributed by atoms with van der Waals surface area (Å²) in [5.41, 5.74) is 7.51. The first kappa shape index (κ1) is 9.79. The Balaban J connectivity index is 2.33. The first-order chi connectivity index (χ1) is 7.27. The minimum Gasteiger partial charge on any atom is -0.382 e. The van der Waals surface area contributed by atoms with E-state index in [2.05, 4.69) is 14.6 Å². The summed E-state index contributed by atoms with van der Waals surface area (Å²) in [5.74, 6) is 0.466. The minimum absolute atomic E-state index is 0.466. The summed E-state index contributed by atoms with van der Waals surface area (Å²) in [4.78, 5) is 5.12. The van der Waals surface area contributed by atoms with Crippen molar-refractivity contribution in [1.82, 2.24) is 9.59 Å². The molecular formula is C10H10N4S. The summed E-state index contributed by atoms with van der Waals surface area (Å²) >= 11 is 1.26. The van der Waals surface area contributed by atoms with Gasteiger partial charge in [-0.1, -0.05) is 22.7 Å². The van der Waals surface area contributed by atoms with Crippen molar-refractivity contribution in [3.63, 3.8) is 0 Å². The third kappa shape index (κ3) is 2.19. The van der Waals surface area contributed by atoms with Crippen LogP contribution in [0.1, 0.15) is 10.6 Å². The van der Waals surface area contributed by atoms with Gasteiger partial charge in [0.1, 0.15) is 10.7 Å². The summed E-state index contributed by atoms with van der Waals surface area (Å²) in [6.45, 7) is 1.87. The number of hydrogen-bond acceptors (Lipinski definition) is 4. The van der Waals surface area contributed by atoms with Crippen LogP contribution in [0.5, 0.6) is 0 Å². The number of amidine groups is 1. The molecule has 1 aromatic carbocycles. The van der Waals surface area contributed by atoms with E-state index in [1.807, 2.05) is 37.3 Å². The fourth-order valence-corrected chi connectivity index (χ4v) is 1.72. The van der Waals surface area contributed by atoms with Gasteiger partial charge in [-0.05, 0) is 30.6 Å². The van der Waals surface area contributed by atoms with Crippen molar-refractivity contribution < 1.29 is 0 Å². The fraction of sp³-hybridized carbons (Fsp3) is 0.100. The van der Waals surface area contributed by atoms with Crippen LogP contribution in [0, 0.1) is 6.92 Å². The van der Waals surface area contributed by atoms with Gasteiger partial charge in [0.2, 0.25) is 0 Å². The van der Waals surface area contributed by atoms with Gasteiger partial charge in [-0.25, -0.2) is 4.99 Å². The number of nitrogens with zero attached hydrogens (tertiary/aromatic N) is 3. The maximum Gasteiger partial charge on any atom is 0.145 e. The molecular weight excluding hydrogens is 208 g/mol. The molecule has 0 spiro atoms. The van der Waals surface area contributed by atoms with Crippen LogP contribution in [0.15, 0.2) is 35.3 Å². The van der Waals surface area contributed by atoms with Crippen molar-refractivity contribution in [2.75, 3.05) is 0 Å². The predicted molar refractivity (Wildman–Crippen MR) is 61.5 cm³/mol.